The van der Waals surface area contributed by atoms with E-state index < -0.39 is 5.69 Å². The summed E-state index contributed by atoms with van der Waals surface area (Å²) >= 11 is 6.28. The Morgan fingerprint density at radius 3 is 2.72 bits per heavy atom. The van der Waals surface area contributed by atoms with Crippen molar-refractivity contribution >= 4 is 22.8 Å². The topological polar surface area (TPSA) is 75.5 Å². The van der Waals surface area contributed by atoms with Crippen LogP contribution in [-0.2, 0) is 25.4 Å². The SMILES string of the molecule is CC(C)C[NH+]1CCO[C@@H](Cn2c(Cl)nc3c2c(=O)n(C)c(=O)n3C)C1. The lowest BCUT2D eigenvalue weighted by molar-refractivity contribution is -0.914. The Hall–Kier alpha value is -1.64. The van der Waals surface area contributed by atoms with E-state index in [1.54, 1.807) is 11.6 Å². The summed E-state index contributed by atoms with van der Waals surface area (Å²) in [7, 11) is 3.05. The van der Waals surface area contributed by atoms with Crippen molar-refractivity contribution in [2.45, 2.75) is 26.5 Å². The minimum atomic E-state index is -0.416. The van der Waals surface area contributed by atoms with Gasteiger partial charge in [-0.3, -0.25) is 13.9 Å². The molecular weight excluding hydrogens is 346 g/mol. The van der Waals surface area contributed by atoms with Crippen LogP contribution in [0.1, 0.15) is 13.8 Å². The molecule has 0 saturated carbocycles. The van der Waals surface area contributed by atoms with Crippen molar-refractivity contribution in [3.63, 3.8) is 0 Å². The van der Waals surface area contributed by atoms with E-state index >= 15 is 0 Å². The van der Waals surface area contributed by atoms with E-state index in [0.29, 0.717) is 30.2 Å². The maximum atomic E-state index is 12.6. The van der Waals surface area contributed by atoms with Crippen LogP contribution in [0, 0.1) is 5.92 Å². The number of morpholine rings is 1. The molecule has 8 nitrogen and oxygen atoms in total. The third kappa shape index (κ3) is 3.38. The number of nitrogens with one attached hydrogen (secondary N) is 1. The molecule has 9 heteroatoms. The summed E-state index contributed by atoms with van der Waals surface area (Å²) in [6, 6.07) is 0. The molecule has 25 heavy (non-hydrogen) atoms. The van der Waals surface area contributed by atoms with Gasteiger partial charge in [0.05, 0.1) is 19.7 Å². The molecule has 0 aliphatic carbocycles. The first-order valence-electron chi connectivity index (χ1n) is 8.56. The van der Waals surface area contributed by atoms with Gasteiger partial charge in [0.2, 0.25) is 5.28 Å². The van der Waals surface area contributed by atoms with Crippen molar-refractivity contribution in [3.8, 4) is 0 Å². The molecule has 2 aromatic rings. The number of nitrogens with zero attached hydrogens (tertiary/aromatic N) is 4. The van der Waals surface area contributed by atoms with E-state index in [-0.39, 0.29) is 16.9 Å². The Morgan fingerprint density at radius 1 is 1.32 bits per heavy atom. The first-order valence-corrected chi connectivity index (χ1v) is 8.94. The molecule has 1 aliphatic rings. The Kier molecular flexibility index (Phi) is 5.04. The molecule has 0 aromatic carbocycles. The second-order valence-electron chi connectivity index (χ2n) is 7.16. The van der Waals surface area contributed by atoms with Crippen LogP contribution in [0.25, 0.3) is 11.2 Å². The minimum absolute atomic E-state index is 0.0423. The smallest absolute Gasteiger partial charge is 0.332 e. The molecule has 0 spiro atoms. The molecule has 0 radical (unpaired) electrons. The van der Waals surface area contributed by atoms with Crippen LogP contribution in [0.3, 0.4) is 0 Å². The fourth-order valence-electron chi connectivity index (χ4n) is 3.52. The maximum absolute atomic E-state index is 12.6. The molecule has 3 rings (SSSR count). The quantitative estimate of drug-likeness (QED) is 0.702. The van der Waals surface area contributed by atoms with E-state index in [1.165, 1.54) is 16.5 Å². The highest BCUT2D eigenvalue weighted by Gasteiger charge is 2.27. The van der Waals surface area contributed by atoms with Gasteiger partial charge in [0.15, 0.2) is 11.2 Å². The highest BCUT2D eigenvalue weighted by molar-refractivity contribution is 6.29. The summed E-state index contributed by atoms with van der Waals surface area (Å²) in [5.41, 5.74) is -0.158. The lowest BCUT2D eigenvalue weighted by Crippen LogP contribution is -3.15. The number of imidazole rings is 1. The van der Waals surface area contributed by atoms with E-state index in [2.05, 4.69) is 18.8 Å². The summed E-state index contributed by atoms with van der Waals surface area (Å²) in [5, 5.41) is 0.202. The van der Waals surface area contributed by atoms with E-state index in [1.807, 2.05) is 0 Å². The molecule has 1 aliphatic heterocycles. The zero-order valence-electron chi connectivity index (χ0n) is 15.1. The number of fused-ring (bicyclic) bond motifs is 1. The molecule has 0 amide bonds. The highest BCUT2D eigenvalue weighted by Crippen LogP contribution is 2.16. The van der Waals surface area contributed by atoms with Gasteiger partial charge in [0.25, 0.3) is 5.56 Å². The second kappa shape index (κ2) is 6.93. The molecule has 1 unspecified atom stereocenters. The Balaban J connectivity index is 1.96. The summed E-state index contributed by atoms with van der Waals surface area (Å²) in [4.78, 5) is 30.4. The third-order valence-electron chi connectivity index (χ3n) is 4.71. The van der Waals surface area contributed by atoms with Crippen molar-refractivity contribution in [1.29, 1.82) is 0 Å². The van der Waals surface area contributed by atoms with Gasteiger partial charge in [0.1, 0.15) is 19.2 Å². The van der Waals surface area contributed by atoms with Crippen LogP contribution in [-0.4, -0.2) is 51.0 Å². The van der Waals surface area contributed by atoms with Crippen LogP contribution in [0.2, 0.25) is 5.28 Å². The molecule has 1 fully saturated rings. The standard InChI is InChI=1S/C16H24ClN5O3/c1-10(2)7-21-5-6-25-11(8-21)9-22-12-13(18-15(22)17)19(3)16(24)20(4)14(12)23/h10-11H,5-9H2,1-4H3/p+1/t11-/m1/s1. The van der Waals surface area contributed by atoms with Gasteiger partial charge in [-0.15, -0.1) is 0 Å². The van der Waals surface area contributed by atoms with Gasteiger partial charge in [-0.05, 0) is 11.6 Å². The summed E-state index contributed by atoms with van der Waals surface area (Å²) < 4.78 is 9.98. The summed E-state index contributed by atoms with van der Waals surface area (Å²) in [5.74, 6) is 0.619. The van der Waals surface area contributed by atoms with Crippen LogP contribution in [0.4, 0.5) is 0 Å². The number of halogens is 1. The van der Waals surface area contributed by atoms with Crippen LogP contribution in [0.5, 0.6) is 0 Å². The molecule has 2 aromatic heterocycles. The van der Waals surface area contributed by atoms with Crippen molar-refractivity contribution < 1.29 is 9.64 Å². The zero-order valence-corrected chi connectivity index (χ0v) is 15.8. The molecule has 1 saturated heterocycles. The molecule has 2 atom stereocenters. The van der Waals surface area contributed by atoms with Crippen LogP contribution < -0.4 is 16.1 Å². The van der Waals surface area contributed by atoms with Crippen molar-refractivity contribution in [3.05, 3.63) is 26.1 Å². The van der Waals surface area contributed by atoms with Crippen LogP contribution in [0.15, 0.2) is 9.59 Å². The molecule has 3 heterocycles. The van der Waals surface area contributed by atoms with E-state index in [4.69, 9.17) is 16.3 Å². The Morgan fingerprint density at radius 2 is 2.04 bits per heavy atom. The van der Waals surface area contributed by atoms with E-state index in [0.717, 1.165) is 24.2 Å². The predicted octanol–water partition coefficient (Wildman–Crippen LogP) is -0.973. The summed E-state index contributed by atoms with van der Waals surface area (Å²) in [6.07, 6.45) is -0.0423. The maximum Gasteiger partial charge on any atom is 0.332 e. The zero-order chi connectivity index (χ0) is 18.3. The number of rotatable bonds is 4. The van der Waals surface area contributed by atoms with Gasteiger partial charge in [-0.1, -0.05) is 13.8 Å². The lowest BCUT2D eigenvalue weighted by atomic mass is 10.2. The number of hydrogen-bond acceptors (Lipinski definition) is 4. The second-order valence-corrected chi connectivity index (χ2v) is 7.50. The summed E-state index contributed by atoms with van der Waals surface area (Å²) in [6.45, 7) is 8.50. The first-order chi connectivity index (χ1) is 11.8. The van der Waals surface area contributed by atoms with Gasteiger partial charge >= 0.3 is 5.69 Å². The Bertz CT molecular complexity index is 898. The molecule has 0 bridgehead atoms. The van der Waals surface area contributed by atoms with Gasteiger partial charge in [0, 0.05) is 20.0 Å². The minimum Gasteiger partial charge on any atom is -0.365 e. The van der Waals surface area contributed by atoms with Gasteiger partial charge in [-0.2, -0.15) is 4.98 Å². The molecule has 1 N–H and O–H groups in total. The average molecular weight is 371 g/mol. The predicted molar refractivity (Wildman–Crippen MR) is 95.4 cm³/mol. The fraction of sp³-hybridized carbons (Fsp3) is 0.688. The normalized spacial score (nSPS) is 21.4. The van der Waals surface area contributed by atoms with Crippen molar-refractivity contribution in [2.75, 3.05) is 26.2 Å². The fourth-order valence-corrected chi connectivity index (χ4v) is 3.76. The Labute approximate surface area is 150 Å². The molecule has 138 valence electrons. The van der Waals surface area contributed by atoms with Gasteiger partial charge in [-0.25, -0.2) is 4.79 Å². The van der Waals surface area contributed by atoms with Crippen LogP contribution >= 0.6 is 11.6 Å². The number of quaternary nitrogens is 1. The van der Waals surface area contributed by atoms with Gasteiger partial charge < -0.3 is 14.2 Å². The number of ether oxygens (including phenoxy) is 1. The number of hydrogen-bond donors (Lipinski definition) is 1. The molecular formula is C16H25ClN5O3+. The number of aryl methyl sites for hydroxylation is 1. The lowest BCUT2D eigenvalue weighted by Gasteiger charge is -2.31. The average Bonchev–Trinajstić information content (AvgIpc) is 2.87. The van der Waals surface area contributed by atoms with Crippen molar-refractivity contribution in [1.82, 2.24) is 18.7 Å². The monoisotopic (exact) mass is 370 g/mol. The first kappa shape index (κ1) is 18.2. The largest absolute Gasteiger partial charge is 0.365 e. The van der Waals surface area contributed by atoms with Crippen molar-refractivity contribution in [2.24, 2.45) is 20.0 Å². The van der Waals surface area contributed by atoms with E-state index in [9.17, 15) is 9.59 Å². The highest BCUT2D eigenvalue weighted by atomic mass is 35.5. The third-order valence-corrected chi connectivity index (χ3v) is 5.00. The number of aromatic nitrogens is 4.